The van der Waals surface area contributed by atoms with Gasteiger partial charge in [-0.3, -0.25) is 10.1 Å². The number of halogens is 1. The Balaban J connectivity index is 2.38. The highest BCUT2D eigenvalue weighted by Crippen LogP contribution is 2.35. The number of carboxylic acid groups (broad SMARTS) is 1. The lowest BCUT2D eigenvalue weighted by Crippen LogP contribution is -2.22. The molecule has 0 heterocycles. The van der Waals surface area contributed by atoms with E-state index in [1.165, 1.54) is 12.1 Å². The minimum absolute atomic E-state index is 0.225. The van der Waals surface area contributed by atoms with Gasteiger partial charge in [0.1, 0.15) is 0 Å². The fourth-order valence-corrected chi connectivity index (χ4v) is 2.53. The zero-order valence-electron chi connectivity index (χ0n) is 9.91. The maximum atomic E-state index is 11.0. The molecule has 0 fully saturated rings. The van der Waals surface area contributed by atoms with E-state index in [1.54, 1.807) is 24.3 Å². The number of nitrogens with zero attached hydrogens (tertiary/aromatic N) is 1. The monoisotopic (exact) mass is 308 g/mol. The van der Waals surface area contributed by atoms with Crippen molar-refractivity contribution in [3.63, 3.8) is 0 Å². The van der Waals surface area contributed by atoms with Gasteiger partial charge in [0.05, 0.1) is 15.8 Å². The van der Waals surface area contributed by atoms with Gasteiger partial charge in [-0.25, -0.2) is 0 Å². The summed E-state index contributed by atoms with van der Waals surface area (Å²) < 4.78 is 0. The van der Waals surface area contributed by atoms with Crippen LogP contribution in [0.2, 0.25) is 5.02 Å². The molecule has 0 unspecified atom stereocenters. The summed E-state index contributed by atoms with van der Waals surface area (Å²) in [5.74, 6) is -1.45. The van der Waals surface area contributed by atoms with Gasteiger partial charge in [0.15, 0.2) is 0 Å². The van der Waals surface area contributed by atoms with Crippen LogP contribution in [0.5, 0.6) is 0 Å². The number of hydrogen-bond donors (Lipinski definition) is 0. The van der Waals surface area contributed by atoms with Crippen LogP contribution in [-0.4, -0.2) is 10.9 Å². The third-order valence-electron chi connectivity index (χ3n) is 2.43. The molecule has 0 aliphatic carbocycles. The molecule has 7 heteroatoms. The maximum absolute atomic E-state index is 11.0. The molecule has 0 aromatic heterocycles. The number of hydrogen-bond acceptors (Lipinski definition) is 5. The Labute approximate surface area is 123 Å². The van der Waals surface area contributed by atoms with Gasteiger partial charge >= 0.3 is 0 Å². The smallest absolute Gasteiger partial charge is 0.283 e. The van der Waals surface area contributed by atoms with Crippen LogP contribution < -0.4 is 5.11 Å². The molecular formula is C13H7ClNO4S-. The highest BCUT2D eigenvalue weighted by Gasteiger charge is 2.16. The van der Waals surface area contributed by atoms with Gasteiger partial charge in [-0.2, -0.15) is 0 Å². The molecule has 5 nitrogen and oxygen atoms in total. The summed E-state index contributed by atoms with van der Waals surface area (Å²) in [7, 11) is 0. The van der Waals surface area contributed by atoms with E-state index in [1.807, 2.05) is 0 Å². The molecule has 0 N–H and O–H groups in total. The van der Waals surface area contributed by atoms with Gasteiger partial charge in [0, 0.05) is 21.5 Å². The second kappa shape index (κ2) is 5.94. The topological polar surface area (TPSA) is 83.3 Å². The first-order valence-electron chi connectivity index (χ1n) is 5.40. The predicted molar refractivity (Wildman–Crippen MR) is 73.0 cm³/mol. The van der Waals surface area contributed by atoms with Crippen molar-refractivity contribution in [2.24, 2.45) is 0 Å². The summed E-state index contributed by atoms with van der Waals surface area (Å²) in [6, 6.07) is 10.5. The molecule has 2 rings (SSSR count). The quantitative estimate of drug-likeness (QED) is 0.640. The molecule has 20 heavy (non-hydrogen) atoms. The van der Waals surface area contributed by atoms with E-state index in [4.69, 9.17) is 11.6 Å². The summed E-state index contributed by atoms with van der Waals surface area (Å²) in [5.41, 5.74) is -0.496. The van der Waals surface area contributed by atoms with Crippen LogP contribution in [0.15, 0.2) is 52.3 Å². The van der Waals surface area contributed by atoms with Gasteiger partial charge in [0.2, 0.25) is 0 Å². The summed E-state index contributed by atoms with van der Waals surface area (Å²) in [6.45, 7) is 0. The molecule has 2 aromatic rings. The van der Waals surface area contributed by atoms with Crippen molar-refractivity contribution in [3.05, 3.63) is 63.2 Å². The molecular weight excluding hydrogens is 302 g/mol. The van der Waals surface area contributed by atoms with E-state index < -0.39 is 10.9 Å². The van der Waals surface area contributed by atoms with E-state index >= 15 is 0 Å². The second-order valence-electron chi connectivity index (χ2n) is 3.78. The molecule has 0 aliphatic rings. The fourth-order valence-electron chi connectivity index (χ4n) is 1.50. The van der Waals surface area contributed by atoms with E-state index in [0.717, 1.165) is 22.7 Å². The zero-order valence-corrected chi connectivity index (χ0v) is 11.5. The molecule has 0 saturated heterocycles. The van der Waals surface area contributed by atoms with Gasteiger partial charge in [-0.15, -0.1) is 0 Å². The molecule has 0 amide bonds. The van der Waals surface area contributed by atoms with Crippen molar-refractivity contribution in [1.29, 1.82) is 0 Å². The summed E-state index contributed by atoms with van der Waals surface area (Å²) in [4.78, 5) is 22.2. The lowest BCUT2D eigenvalue weighted by molar-refractivity contribution is -0.387. The van der Waals surface area contributed by atoms with Crippen LogP contribution in [-0.2, 0) is 0 Å². The molecule has 0 bridgehead atoms. The highest BCUT2D eigenvalue weighted by molar-refractivity contribution is 7.99. The van der Waals surface area contributed by atoms with Gasteiger partial charge in [-0.05, 0) is 30.3 Å². The van der Waals surface area contributed by atoms with Crippen molar-refractivity contribution in [3.8, 4) is 0 Å². The first kappa shape index (κ1) is 14.4. The summed E-state index contributed by atoms with van der Waals surface area (Å²) in [6.07, 6.45) is 0. The second-order valence-corrected chi connectivity index (χ2v) is 5.33. The van der Waals surface area contributed by atoms with Crippen LogP contribution >= 0.6 is 23.4 Å². The van der Waals surface area contributed by atoms with Crippen molar-refractivity contribution < 1.29 is 14.8 Å². The van der Waals surface area contributed by atoms with E-state index in [-0.39, 0.29) is 11.3 Å². The summed E-state index contributed by atoms with van der Waals surface area (Å²) >= 11 is 6.92. The van der Waals surface area contributed by atoms with Crippen molar-refractivity contribution >= 4 is 35.0 Å². The first-order chi connectivity index (χ1) is 9.47. The Morgan fingerprint density at radius 1 is 1.15 bits per heavy atom. The summed E-state index contributed by atoms with van der Waals surface area (Å²) in [5, 5.41) is 22.3. The SMILES string of the molecule is O=C([O-])c1ccc(Sc2ccc(Cl)cc2)c([N+](=O)[O-])c1. The average Bonchev–Trinajstić information content (AvgIpc) is 2.41. The Bertz CT molecular complexity index is 673. The Hall–Kier alpha value is -2.05. The maximum Gasteiger partial charge on any atom is 0.283 e. The lowest BCUT2D eigenvalue weighted by Gasteiger charge is -2.06. The normalized spacial score (nSPS) is 10.2. The number of aromatic carboxylic acids is 1. The zero-order chi connectivity index (χ0) is 14.7. The number of carbonyl (C=O) groups is 1. The highest BCUT2D eigenvalue weighted by atomic mass is 35.5. The fraction of sp³-hybridized carbons (Fsp3) is 0. The first-order valence-corrected chi connectivity index (χ1v) is 6.60. The standard InChI is InChI=1S/C13H8ClNO4S/c14-9-2-4-10(5-3-9)20-12-6-1-8(13(16)17)7-11(12)15(18)19/h1-7H,(H,16,17)/p-1. The van der Waals surface area contributed by atoms with Crippen molar-refractivity contribution in [1.82, 2.24) is 0 Å². The van der Waals surface area contributed by atoms with Gasteiger partial charge < -0.3 is 9.90 Å². The van der Waals surface area contributed by atoms with Crippen LogP contribution in [0.3, 0.4) is 0 Å². The molecule has 0 aliphatic heterocycles. The van der Waals surface area contributed by atoms with Crippen LogP contribution in [0.25, 0.3) is 0 Å². The molecule has 0 spiro atoms. The van der Waals surface area contributed by atoms with E-state index in [2.05, 4.69) is 0 Å². The molecule has 0 saturated carbocycles. The number of carboxylic acids is 1. The van der Waals surface area contributed by atoms with Gasteiger partial charge in [-0.1, -0.05) is 29.4 Å². The lowest BCUT2D eigenvalue weighted by atomic mass is 10.2. The van der Waals surface area contributed by atoms with Gasteiger partial charge in [0.25, 0.3) is 5.69 Å². The average molecular weight is 309 g/mol. The number of benzene rings is 2. The minimum Gasteiger partial charge on any atom is -0.545 e. The van der Waals surface area contributed by atoms with E-state index in [9.17, 15) is 20.0 Å². The Morgan fingerprint density at radius 3 is 2.35 bits per heavy atom. The third kappa shape index (κ3) is 3.28. The Morgan fingerprint density at radius 2 is 1.80 bits per heavy atom. The van der Waals surface area contributed by atoms with E-state index in [0.29, 0.717) is 9.92 Å². The number of nitro benzene ring substituents is 1. The molecule has 102 valence electrons. The molecule has 0 atom stereocenters. The van der Waals surface area contributed by atoms with Crippen LogP contribution in [0.4, 0.5) is 5.69 Å². The minimum atomic E-state index is -1.45. The molecule has 2 aromatic carbocycles. The number of carbonyl (C=O) groups excluding carboxylic acids is 1. The number of rotatable bonds is 4. The largest absolute Gasteiger partial charge is 0.545 e. The van der Waals surface area contributed by atoms with Crippen molar-refractivity contribution in [2.75, 3.05) is 0 Å². The number of nitro groups is 1. The van der Waals surface area contributed by atoms with Crippen LogP contribution in [0, 0.1) is 10.1 Å². The Kier molecular flexibility index (Phi) is 4.26. The predicted octanol–water partition coefficient (Wildman–Crippen LogP) is 2.76. The van der Waals surface area contributed by atoms with Crippen LogP contribution in [0.1, 0.15) is 10.4 Å². The third-order valence-corrected chi connectivity index (χ3v) is 3.76. The molecule has 0 radical (unpaired) electrons. The van der Waals surface area contributed by atoms with Crippen molar-refractivity contribution in [2.45, 2.75) is 9.79 Å².